The molecule has 0 aliphatic heterocycles. The van der Waals surface area contributed by atoms with Crippen LogP contribution in [0, 0.1) is 0 Å². The summed E-state index contributed by atoms with van der Waals surface area (Å²) in [5, 5.41) is 2.98. The first-order valence-corrected chi connectivity index (χ1v) is 10.6. The molecule has 3 aromatic carbocycles. The van der Waals surface area contributed by atoms with E-state index < -0.39 is 0 Å². The molecular weight excluding hydrogens is 384 g/mol. The van der Waals surface area contributed by atoms with Crippen molar-refractivity contribution in [3.63, 3.8) is 0 Å². The molecule has 0 spiro atoms. The average molecular weight is 411 g/mol. The van der Waals surface area contributed by atoms with Gasteiger partial charge in [0.25, 0.3) is 5.91 Å². The van der Waals surface area contributed by atoms with Crippen LogP contribution in [-0.4, -0.2) is 22.8 Å². The Hall–Kier alpha value is -3.66. The van der Waals surface area contributed by atoms with Gasteiger partial charge < -0.3 is 10.2 Å². The van der Waals surface area contributed by atoms with Crippen LogP contribution in [0.3, 0.4) is 0 Å². The third-order valence-electron chi connectivity index (χ3n) is 5.25. The van der Waals surface area contributed by atoms with Crippen molar-refractivity contribution in [2.75, 3.05) is 0 Å². The van der Waals surface area contributed by atoms with Gasteiger partial charge in [-0.1, -0.05) is 72.8 Å². The number of hydrogen-bond acceptors (Lipinski definition) is 2. The van der Waals surface area contributed by atoms with E-state index in [1.807, 2.05) is 77.7 Å². The molecule has 0 unspecified atom stereocenters. The number of rotatable bonds is 8. The number of amides is 2. The molecule has 1 N–H and O–H groups in total. The highest BCUT2D eigenvalue weighted by atomic mass is 16.2. The fourth-order valence-corrected chi connectivity index (χ4v) is 3.33. The lowest BCUT2D eigenvalue weighted by atomic mass is 10.1. The maximum absolute atomic E-state index is 13.0. The first-order valence-electron chi connectivity index (χ1n) is 10.6. The Labute approximate surface area is 183 Å². The van der Waals surface area contributed by atoms with E-state index in [1.54, 1.807) is 24.3 Å². The molecule has 2 amide bonds. The van der Waals surface area contributed by atoms with Crippen molar-refractivity contribution in [3.8, 4) is 0 Å². The van der Waals surface area contributed by atoms with Gasteiger partial charge in [0.15, 0.2) is 0 Å². The van der Waals surface area contributed by atoms with Gasteiger partial charge in [-0.15, -0.1) is 0 Å². The van der Waals surface area contributed by atoms with Gasteiger partial charge >= 0.3 is 0 Å². The summed E-state index contributed by atoms with van der Waals surface area (Å²) in [4.78, 5) is 27.0. The Balaban J connectivity index is 1.44. The van der Waals surface area contributed by atoms with Crippen LogP contribution in [-0.2, 0) is 17.9 Å². The zero-order valence-corrected chi connectivity index (χ0v) is 17.4. The van der Waals surface area contributed by atoms with E-state index in [-0.39, 0.29) is 11.8 Å². The molecule has 156 valence electrons. The fourth-order valence-electron chi connectivity index (χ4n) is 3.33. The monoisotopic (exact) mass is 410 g/mol. The number of nitrogens with zero attached hydrogens (tertiary/aromatic N) is 1. The average Bonchev–Trinajstić information content (AvgIpc) is 3.63. The summed E-state index contributed by atoms with van der Waals surface area (Å²) in [6, 6.07) is 27.7. The molecule has 4 nitrogen and oxygen atoms in total. The summed E-state index contributed by atoms with van der Waals surface area (Å²) in [6.07, 6.45) is 5.54. The number of hydrogen-bond donors (Lipinski definition) is 1. The standard InChI is InChI=1S/C27H26N2O2/c30-26(18-13-21-11-14-24(15-12-21)27(31)28-25-16-17-25)29(19-22-7-3-1-4-8-22)20-23-9-5-2-6-10-23/h1-15,18,25H,16-17,19-20H2,(H,28,31). The highest BCUT2D eigenvalue weighted by molar-refractivity contribution is 5.95. The number of carbonyl (C=O) groups is 2. The Kier molecular flexibility index (Phi) is 6.58. The normalized spacial score (nSPS) is 13.2. The molecule has 1 saturated carbocycles. The first-order chi connectivity index (χ1) is 15.2. The lowest BCUT2D eigenvalue weighted by Gasteiger charge is -2.21. The molecule has 1 aliphatic rings. The van der Waals surface area contributed by atoms with Crippen molar-refractivity contribution < 1.29 is 9.59 Å². The van der Waals surface area contributed by atoms with Gasteiger partial charge in [-0.25, -0.2) is 0 Å². The second kappa shape index (κ2) is 9.90. The Morgan fingerprint density at radius 1 is 0.806 bits per heavy atom. The number of carbonyl (C=O) groups excluding carboxylic acids is 2. The van der Waals surface area contributed by atoms with Crippen LogP contribution in [0.25, 0.3) is 6.08 Å². The molecule has 31 heavy (non-hydrogen) atoms. The van der Waals surface area contributed by atoms with Crippen LogP contribution in [0.4, 0.5) is 0 Å². The molecular formula is C27H26N2O2. The molecule has 3 aromatic rings. The van der Waals surface area contributed by atoms with E-state index in [0.717, 1.165) is 29.5 Å². The lowest BCUT2D eigenvalue weighted by molar-refractivity contribution is -0.127. The largest absolute Gasteiger partial charge is 0.349 e. The molecule has 1 fully saturated rings. The molecule has 0 bridgehead atoms. The summed E-state index contributed by atoms with van der Waals surface area (Å²) in [7, 11) is 0. The Morgan fingerprint density at radius 3 is 1.87 bits per heavy atom. The minimum atomic E-state index is -0.0525. The molecule has 0 aromatic heterocycles. The molecule has 0 saturated heterocycles. The minimum Gasteiger partial charge on any atom is -0.349 e. The minimum absolute atomic E-state index is 0.0361. The maximum Gasteiger partial charge on any atom is 0.251 e. The summed E-state index contributed by atoms with van der Waals surface area (Å²) >= 11 is 0. The second-order valence-corrected chi connectivity index (χ2v) is 7.87. The second-order valence-electron chi connectivity index (χ2n) is 7.87. The van der Waals surface area contributed by atoms with Gasteiger partial charge in [0.05, 0.1) is 0 Å². The van der Waals surface area contributed by atoms with Crippen molar-refractivity contribution >= 4 is 17.9 Å². The highest BCUT2D eigenvalue weighted by Gasteiger charge is 2.23. The van der Waals surface area contributed by atoms with Crippen LogP contribution in [0.1, 0.15) is 39.9 Å². The molecule has 4 rings (SSSR count). The van der Waals surface area contributed by atoms with E-state index in [0.29, 0.717) is 24.7 Å². The third-order valence-corrected chi connectivity index (χ3v) is 5.25. The molecule has 1 aliphatic carbocycles. The van der Waals surface area contributed by atoms with E-state index in [4.69, 9.17) is 0 Å². The van der Waals surface area contributed by atoms with Crippen LogP contribution in [0.5, 0.6) is 0 Å². The smallest absolute Gasteiger partial charge is 0.251 e. The van der Waals surface area contributed by atoms with Crippen molar-refractivity contribution in [2.45, 2.75) is 32.0 Å². The van der Waals surface area contributed by atoms with Gasteiger partial charge in [0.1, 0.15) is 0 Å². The van der Waals surface area contributed by atoms with E-state index >= 15 is 0 Å². The molecule has 0 heterocycles. The zero-order chi connectivity index (χ0) is 21.5. The summed E-state index contributed by atoms with van der Waals surface area (Å²) in [5.74, 6) is -0.0886. The third kappa shape index (κ3) is 6.16. The topological polar surface area (TPSA) is 49.4 Å². The first kappa shape index (κ1) is 20.6. The number of nitrogens with one attached hydrogen (secondary N) is 1. The van der Waals surface area contributed by atoms with E-state index in [1.165, 1.54) is 0 Å². The number of benzene rings is 3. The van der Waals surface area contributed by atoms with Crippen molar-refractivity contribution in [1.82, 2.24) is 10.2 Å². The Morgan fingerprint density at radius 2 is 1.35 bits per heavy atom. The van der Waals surface area contributed by atoms with Crippen LogP contribution in [0.2, 0.25) is 0 Å². The van der Waals surface area contributed by atoms with Gasteiger partial charge in [0, 0.05) is 30.8 Å². The van der Waals surface area contributed by atoms with Crippen molar-refractivity contribution in [3.05, 3.63) is 113 Å². The van der Waals surface area contributed by atoms with E-state index in [9.17, 15) is 9.59 Å². The molecule has 4 heteroatoms. The van der Waals surface area contributed by atoms with Gasteiger partial charge in [-0.3, -0.25) is 9.59 Å². The maximum atomic E-state index is 13.0. The SMILES string of the molecule is O=C(NC1CC1)c1ccc(C=CC(=O)N(Cc2ccccc2)Cc2ccccc2)cc1. The molecule has 0 atom stereocenters. The van der Waals surface area contributed by atoms with Crippen LogP contribution in [0.15, 0.2) is 91.0 Å². The molecule has 0 radical (unpaired) electrons. The van der Waals surface area contributed by atoms with Crippen molar-refractivity contribution in [2.24, 2.45) is 0 Å². The summed E-state index contributed by atoms with van der Waals surface area (Å²) in [6.45, 7) is 1.08. The quantitative estimate of drug-likeness (QED) is 0.541. The van der Waals surface area contributed by atoms with Gasteiger partial charge in [-0.2, -0.15) is 0 Å². The van der Waals surface area contributed by atoms with Crippen LogP contribution < -0.4 is 5.32 Å². The van der Waals surface area contributed by atoms with Crippen LogP contribution >= 0.6 is 0 Å². The predicted octanol–water partition coefficient (Wildman–Crippen LogP) is 4.82. The lowest BCUT2D eigenvalue weighted by Crippen LogP contribution is -2.28. The predicted molar refractivity (Wildman–Crippen MR) is 123 cm³/mol. The fraction of sp³-hybridized carbons (Fsp3) is 0.185. The highest BCUT2D eigenvalue weighted by Crippen LogP contribution is 2.19. The Bertz CT molecular complexity index is 998. The van der Waals surface area contributed by atoms with Gasteiger partial charge in [0.2, 0.25) is 5.91 Å². The van der Waals surface area contributed by atoms with Gasteiger partial charge in [-0.05, 0) is 47.7 Å². The summed E-state index contributed by atoms with van der Waals surface area (Å²) < 4.78 is 0. The summed E-state index contributed by atoms with van der Waals surface area (Å²) in [5.41, 5.74) is 3.71. The van der Waals surface area contributed by atoms with E-state index in [2.05, 4.69) is 5.32 Å². The zero-order valence-electron chi connectivity index (χ0n) is 17.4. The van der Waals surface area contributed by atoms with Crippen molar-refractivity contribution in [1.29, 1.82) is 0 Å².